The third kappa shape index (κ3) is 4.03. The molecule has 0 saturated heterocycles. The normalized spacial score (nSPS) is 11.9. The second-order valence-corrected chi connectivity index (χ2v) is 3.86. The van der Waals surface area contributed by atoms with Crippen LogP contribution in [0.2, 0.25) is 0 Å². The van der Waals surface area contributed by atoms with Gasteiger partial charge in [0.15, 0.2) is 5.82 Å². The summed E-state index contributed by atoms with van der Waals surface area (Å²) in [5.74, 6) is 0.366. The Hall–Kier alpha value is -1.63. The summed E-state index contributed by atoms with van der Waals surface area (Å²) in [6, 6.07) is -0.915. The van der Waals surface area contributed by atoms with Crippen molar-refractivity contribution in [3.05, 3.63) is 12.2 Å². The van der Waals surface area contributed by atoms with E-state index in [1.165, 1.54) is 6.33 Å². The van der Waals surface area contributed by atoms with Crippen molar-refractivity contribution in [2.75, 3.05) is 5.88 Å². The average molecular weight is 260 g/mol. The Morgan fingerprint density at radius 2 is 2.29 bits per heavy atom. The minimum atomic E-state index is -0.574. The molecular formula is C9H14ClN5O2. The van der Waals surface area contributed by atoms with Crippen LogP contribution >= 0.6 is 11.6 Å². The third-order valence-electron chi connectivity index (χ3n) is 2.06. The molecule has 0 fully saturated rings. The molecule has 0 radical (unpaired) electrons. The predicted molar refractivity (Wildman–Crippen MR) is 61.4 cm³/mol. The number of urea groups is 1. The van der Waals surface area contributed by atoms with Crippen LogP contribution in [0.4, 0.5) is 4.79 Å². The second-order valence-electron chi connectivity index (χ2n) is 3.48. The first-order chi connectivity index (χ1) is 8.04. The van der Waals surface area contributed by atoms with Gasteiger partial charge in [-0.3, -0.25) is 10.1 Å². The molecule has 0 bridgehead atoms. The summed E-state index contributed by atoms with van der Waals surface area (Å²) in [4.78, 5) is 22.5. The highest BCUT2D eigenvalue weighted by Gasteiger charge is 2.15. The molecule has 1 heterocycles. The van der Waals surface area contributed by atoms with Crippen LogP contribution in [0.15, 0.2) is 6.33 Å². The van der Waals surface area contributed by atoms with Crippen molar-refractivity contribution in [2.24, 2.45) is 7.05 Å². The summed E-state index contributed by atoms with van der Waals surface area (Å²) in [6.07, 6.45) is 1.64. The number of aromatic nitrogens is 3. The summed E-state index contributed by atoms with van der Waals surface area (Å²) in [5.41, 5.74) is 0. The van der Waals surface area contributed by atoms with Crippen molar-refractivity contribution in [1.82, 2.24) is 25.4 Å². The lowest BCUT2D eigenvalue weighted by Crippen LogP contribution is -2.41. The second kappa shape index (κ2) is 6.19. The summed E-state index contributed by atoms with van der Waals surface area (Å²) in [6.45, 7) is 1.75. The molecule has 1 unspecified atom stereocenters. The van der Waals surface area contributed by atoms with Gasteiger partial charge in [0.2, 0.25) is 5.91 Å². The monoisotopic (exact) mass is 259 g/mol. The number of amides is 3. The van der Waals surface area contributed by atoms with Crippen LogP contribution < -0.4 is 10.6 Å². The number of carbonyl (C=O) groups is 2. The maximum absolute atomic E-state index is 11.4. The van der Waals surface area contributed by atoms with Gasteiger partial charge in [0.1, 0.15) is 6.33 Å². The Morgan fingerprint density at radius 1 is 1.59 bits per heavy atom. The van der Waals surface area contributed by atoms with Crippen molar-refractivity contribution in [3.63, 3.8) is 0 Å². The molecule has 0 saturated carbocycles. The zero-order valence-corrected chi connectivity index (χ0v) is 10.4. The minimum Gasteiger partial charge on any atom is -0.328 e. The first-order valence-corrected chi connectivity index (χ1v) is 5.58. The van der Waals surface area contributed by atoms with Gasteiger partial charge in [-0.2, -0.15) is 0 Å². The molecule has 0 aliphatic carbocycles. The summed E-state index contributed by atoms with van der Waals surface area (Å²) < 4.78 is 1.69. The van der Waals surface area contributed by atoms with Gasteiger partial charge in [0.25, 0.3) is 0 Å². The molecule has 1 aromatic rings. The standard InChI is InChI=1S/C9H14ClN5O2/c1-6(8-14-11-5-15(8)2)12-9(17)13-7(16)3-4-10/h5-6H,3-4H2,1-2H3,(H2,12,13,16,17). The van der Waals surface area contributed by atoms with E-state index in [4.69, 9.17) is 11.6 Å². The molecule has 0 spiro atoms. The smallest absolute Gasteiger partial charge is 0.322 e. The van der Waals surface area contributed by atoms with Crippen LogP contribution in [0.25, 0.3) is 0 Å². The van der Waals surface area contributed by atoms with E-state index in [0.717, 1.165) is 0 Å². The Morgan fingerprint density at radius 3 is 2.82 bits per heavy atom. The van der Waals surface area contributed by atoms with E-state index in [2.05, 4.69) is 20.8 Å². The van der Waals surface area contributed by atoms with Crippen LogP contribution in [0.5, 0.6) is 0 Å². The number of halogens is 1. The molecule has 3 amide bonds. The molecule has 1 rings (SSSR count). The van der Waals surface area contributed by atoms with Crippen LogP contribution in [0, 0.1) is 0 Å². The van der Waals surface area contributed by atoms with Gasteiger partial charge in [-0.05, 0) is 6.92 Å². The SMILES string of the molecule is CC(NC(=O)NC(=O)CCCl)c1nncn1C. The molecular weight excluding hydrogens is 246 g/mol. The van der Waals surface area contributed by atoms with Crippen LogP contribution in [0.3, 0.4) is 0 Å². The number of aryl methyl sites for hydroxylation is 1. The molecule has 7 nitrogen and oxygen atoms in total. The quantitative estimate of drug-likeness (QED) is 0.763. The van der Waals surface area contributed by atoms with Crippen molar-refractivity contribution >= 4 is 23.5 Å². The topological polar surface area (TPSA) is 88.9 Å². The van der Waals surface area contributed by atoms with Gasteiger partial charge >= 0.3 is 6.03 Å². The Bertz CT molecular complexity index is 406. The van der Waals surface area contributed by atoms with Gasteiger partial charge < -0.3 is 9.88 Å². The first kappa shape index (κ1) is 13.4. The summed E-state index contributed by atoms with van der Waals surface area (Å²) in [7, 11) is 1.77. The number of rotatable bonds is 4. The fourth-order valence-corrected chi connectivity index (χ4v) is 1.43. The van der Waals surface area contributed by atoms with Crippen molar-refractivity contribution in [1.29, 1.82) is 0 Å². The molecule has 8 heteroatoms. The van der Waals surface area contributed by atoms with E-state index in [9.17, 15) is 9.59 Å². The molecule has 1 aromatic heterocycles. The predicted octanol–water partition coefficient (Wildman–Crippen LogP) is 0.331. The van der Waals surface area contributed by atoms with Gasteiger partial charge in [0, 0.05) is 19.3 Å². The number of hydrogen-bond acceptors (Lipinski definition) is 4. The van der Waals surface area contributed by atoms with Crippen molar-refractivity contribution < 1.29 is 9.59 Å². The Labute approximate surface area is 104 Å². The molecule has 0 aliphatic rings. The highest BCUT2D eigenvalue weighted by Crippen LogP contribution is 2.06. The fraction of sp³-hybridized carbons (Fsp3) is 0.556. The largest absolute Gasteiger partial charge is 0.328 e. The zero-order valence-electron chi connectivity index (χ0n) is 9.61. The lowest BCUT2D eigenvalue weighted by atomic mass is 10.3. The van der Waals surface area contributed by atoms with Crippen LogP contribution in [0.1, 0.15) is 25.2 Å². The van der Waals surface area contributed by atoms with E-state index < -0.39 is 11.9 Å². The molecule has 0 aromatic carbocycles. The first-order valence-electron chi connectivity index (χ1n) is 5.04. The van der Waals surface area contributed by atoms with E-state index >= 15 is 0 Å². The lowest BCUT2D eigenvalue weighted by molar-refractivity contribution is -0.119. The number of carbonyl (C=O) groups excluding carboxylic acids is 2. The Balaban J connectivity index is 2.46. The van der Waals surface area contributed by atoms with Crippen molar-refractivity contribution in [3.8, 4) is 0 Å². The van der Waals surface area contributed by atoms with E-state index in [0.29, 0.717) is 5.82 Å². The van der Waals surface area contributed by atoms with Gasteiger partial charge in [-0.15, -0.1) is 21.8 Å². The minimum absolute atomic E-state index is 0.104. The summed E-state index contributed by atoms with van der Waals surface area (Å²) in [5, 5.41) is 12.3. The molecule has 94 valence electrons. The maximum atomic E-state index is 11.4. The zero-order chi connectivity index (χ0) is 12.8. The number of alkyl halides is 1. The highest BCUT2D eigenvalue weighted by atomic mass is 35.5. The van der Waals surface area contributed by atoms with E-state index in [1.54, 1.807) is 18.5 Å². The molecule has 17 heavy (non-hydrogen) atoms. The van der Waals surface area contributed by atoms with E-state index in [-0.39, 0.29) is 18.3 Å². The Kier molecular flexibility index (Phi) is 4.89. The van der Waals surface area contributed by atoms with Gasteiger partial charge in [-0.1, -0.05) is 0 Å². The van der Waals surface area contributed by atoms with Crippen LogP contribution in [-0.2, 0) is 11.8 Å². The lowest BCUT2D eigenvalue weighted by Gasteiger charge is -2.12. The van der Waals surface area contributed by atoms with Gasteiger partial charge in [-0.25, -0.2) is 4.79 Å². The highest BCUT2D eigenvalue weighted by molar-refractivity contribution is 6.19. The van der Waals surface area contributed by atoms with E-state index in [1.807, 2.05) is 0 Å². The van der Waals surface area contributed by atoms with Crippen molar-refractivity contribution in [2.45, 2.75) is 19.4 Å². The number of hydrogen-bond donors (Lipinski definition) is 2. The van der Waals surface area contributed by atoms with Gasteiger partial charge in [0.05, 0.1) is 6.04 Å². The molecule has 1 atom stereocenters. The number of imide groups is 1. The number of nitrogens with one attached hydrogen (secondary N) is 2. The number of nitrogens with zero attached hydrogens (tertiary/aromatic N) is 3. The third-order valence-corrected chi connectivity index (χ3v) is 2.24. The summed E-state index contributed by atoms with van der Waals surface area (Å²) >= 11 is 5.37. The van der Waals surface area contributed by atoms with Crippen LogP contribution in [-0.4, -0.2) is 32.6 Å². The molecule has 0 aliphatic heterocycles. The molecule has 2 N–H and O–H groups in total. The average Bonchev–Trinajstić information content (AvgIpc) is 2.64. The fourth-order valence-electron chi connectivity index (χ4n) is 1.26. The maximum Gasteiger partial charge on any atom is 0.322 e.